The summed E-state index contributed by atoms with van der Waals surface area (Å²) < 4.78 is 9.24. The molecule has 0 unspecified atom stereocenters. The van der Waals surface area contributed by atoms with Crippen LogP contribution in [-0.2, 0) is 19.5 Å². The van der Waals surface area contributed by atoms with E-state index in [-0.39, 0.29) is 0 Å². The second-order valence-corrected chi connectivity index (χ2v) is 4.82. The predicted molar refractivity (Wildman–Crippen MR) is 78.2 cm³/mol. The maximum Gasteiger partial charge on any atom is 0.125 e. The molecule has 0 fully saturated rings. The summed E-state index contributed by atoms with van der Waals surface area (Å²) in [6.07, 6.45) is 1.79. The molecule has 3 aromatic rings. The Morgan fingerprint density at radius 2 is 2.15 bits per heavy atom. The van der Waals surface area contributed by atoms with Crippen molar-refractivity contribution in [2.75, 3.05) is 7.11 Å². The van der Waals surface area contributed by atoms with E-state index in [1.165, 1.54) is 0 Å². The zero-order chi connectivity index (χ0) is 14.1. The van der Waals surface area contributed by atoms with Gasteiger partial charge in [0, 0.05) is 19.3 Å². The molecule has 104 valence electrons. The monoisotopic (exact) mass is 290 g/mol. The molecule has 0 aliphatic heterocycles. The van der Waals surface area contributed by atoms with E-state index >= 15 is 0 Å². The van der Waals surface area contributed by atoms with Gasteiger partial charge < -0.3 is 9.30 Å². The molecule has 0 aliphatic carbocycles. The van der Waals surface area contributed by atoms with Crippen molar-refractivity contribution in [3.8, 4) is 5.75 Å². The summed E-state index contributed by atoms with van der Waals surface area (Å²) in [6.45, 7) is 0.683. The number of aryl methyl sites for hydroxylation is 1. The highest BCUT2D eigenvalue weighted by atomic mass is 35.5. The Labute approximate surface area is 121 Å². The van der Waals surface area contributed by atoms with Gasteiger partial charge in [-0.15, -0.1) is 11.6 Å². The fourth-order valence-corrected chi connectivity index (χ4v) is 2.48. The first-order valence-electron chi connectivity index (χ1n) is 6.29. The lowest BCUT2D eigenvalue weighted by Gasteiger charge is -2.08. The van der Waals surface area contributed by atoms with Crippen LogP contribution in [0.25, 0.3) is 11.0 Å². The number of methoxy groups -OCH3 is 1. The second-order valence-electron chi connectivity index (χ2n) is 4.55. The summed E-state index contributed by atoms with van der Waals surface area (Å²) in [7, 11) is 3.58. The van der Waals surface area contributed by atoms with Gasteiger partial charge in [-0.25, -0.2) is 4.98 Å². The third-order valence-corrected chi connectivity index (χ3v) is 3.64. The summed E-state index contributed by atoms with van der Waals surface area (Å²) in [5.41, 5.74) is 3.03. The minimum Gasteiger partial charge on any atom is -0.497 e. The quantitative estimate of drug-likeness (QED) is 0.694. The van der Waals surface area contributed by atoms with Crippen molar-refractivity contribution in [3.63, 3.8) is 0 Å². The van der Waals surface area contributed by atoms with E-state index in [1.807, 2.05) is 36.0 Å². The molecule has 6 heteroatoms. The van der Waals surface area contributed by atoms with Gasteiger partial charge in [0.15, 0.2) is 0 Å². The molecule has 2 heterocycles. The van der Waals surface area contributed by atoms with Gasteiger partial charge in [-0.05, 0) is 18.2 Å². The molecule has 0 N–H and O–H groups in total. The first-order chi connectivity index (χ1) is 9.72. The lowest BCUT2D eigenvalue weighted by molar-refractivity contribution is 0.415. The Kier molecular flexibility index (Phi) is 3.36. The zero-order valence-electron chi connectivity index (χ0n) is 11.4. The topological polar surface area (TPSA) is 44.9 Å². The average molecular weight is 291 g/mol. The van der Waals surface area contributed by atoms with Gasteiger partial charge in [-0.3, -0.25) is 4.68 Å². The summed E-state index contributed by atoms with van der Waals surface area (Å²) in [5.74, 6) is 2.02. The van der Waals surface area contributed by atoms with Crippen LogP contribution in [-0.4, -0.2) is 26.4 Å². The number of rotatable bonds is 4. The van der Waals surface area contributed by atoms with E-state index in [0.29, 0.717) is 12.4 Å². The van der Waals surface area contributed by atoms with E-state index in [0.717, 1.165) is 28.3 Å². The fraction of sp³-hybridized carbons (Fsp3) is 0.286. The summed E-state index contributed by atoms with van der Waals surface area (Å²) >= 11 is 6.02. The Balaban J connectivity index is 2.13. The van der Waals surface area contributed by atoms with Crippen LogP contribution < -0.4 is 4.74 Å². The van der Waals surface area contributed by atoms with Crippen LogP contribution in [0.4, 0.5) is 0 Å². The molecule has 20 heavy (non-hydrogen) atoms. The van der Waals surface area contributed by atoms with Crippen LogP contribution in [0.5, 0.6) is 5.75 Å². The summed E-state index contributed by atoms with van der Waals surface area (Å²) in [5, 5.41) is 4.19. The number of alkyl halides is 1. The van der Waals surface area contributed by atoms with Crippen molar-refractivity contribution in [2.24, 2.45) is 7.05 Å². The number of aromatic nitrogens is 4. The molecule has 0 saturated heterocycles. The first kappa shape index (κ1) is 13.0. The predicted octanol–water partition coefficient (Wildman–Crippen LogP) is 2.57. The molecule has 0 bridgehead atoms. The fourth-order valence-electron chi connectivity index (χ4n) is 2.28. The van der Waals surface area contributed by atoms with Crippen molar-refractivity contribution in [3.05, 3.63) is 42.0 Å². The van der Waals surface area contributed by atoms with E-state index in [4.69, 9.17) is 16.3 Å². The number of hydrogen-bond acceptors (Lipinski definition) is 3. The molecule has 5 nitrogen and oxygen atoms in total. The highest BCUT2D eigenvalue weighted by Crippen LogP contribution is 2.23. The van der Waals surface area contributed by atoms with Crippen molar-refractivity contribution < 1.29 is 4.74 Å². The maximum atomic E-state index is 6.02. The van der Waals surface area contributed by atoms with Gasteiger partial charge in [-0.2, -0.15) is 5.10 Å². The smallest absolute Gasteiger partial charge is 0.125 e. The minimum atomic E-state index is 0.370. The number of benzene rings is 1. The third-order valence-electron chi connectivity index (χ3n) is 3.40. The Bertz CT molecular complexity index is 747. The van der Waals surface area contributed by atoms with E-state index in [1.54, 1.807) is 13.3 Å². The van der Waals surface area contributed by atoms with Gasteiger partial charge in [-0.1, -0.05) is 0 Å². The Hall–Kier alpha value is -2.01. The second kappa shape index (κ2) is 5.17. The molecule has 3 rings (SSSR count). The number of ether oxygens (including phenoxy) is 1. The molecule has 0 amide bonds. The van der Waals surface area contributed by atoms with Crippen LogP contribution in [0.3, 0.4) is 0 Å². The standard InChI is InChI=1S/C14H15ClN4O/c1-18-10(5-6-16-18)9-19-13-7-11(20-2)3-4-12(13)17-14(19)8-15/h3-7H,8-9H2,1-2H3. The van der Waals surface area contributed by atoms with Crippen LogP contribution in [0.1, 0.15) is 11.5 Å². The molecule has 1 aromatic carbocycles. The molecular formula is C14H15ClN4O. The molecule has 0 spiro atoms. The van der Waals surface area contributed by atoms with Crippen LogP contribution in [0, 0.1) is 0 Å². The van der Waals surface area contributed by atoms with Crippen molar-refractivity contribution in [2.45, 2.75) is 12.4 Å². The number of halogens is 1. The Morgan fingerprint density at radius 3 is 2.80 bits per heavy atom. The lowest BCUT2D eigenvalue weighted by Crippen LogP contribution is -2.08. The number of nitrogens with zero attached hydrogens (tertiary/aromatic N) is 4. The Morgan fingerprint density at radius 1 is 1.30 bits per heavy atom. The largest absolute Gasteiger partial charge is 0.497 e. The number of fused-ring (bicyclic) bond motifs is 1. The van der Waals surface area contributed by atoms with Gasteiger partial charge >= 0.3 is 0 Å². The highest BCUT2D eigenvalue weighted by Gasteiger charge is 2.12. The van der Waals surface area contributed by atoms with Crippen molar-refractivity contribution in [1.29, 1.82) is 0 Å². The molecule has 0 radical (unpaired) electrons. The average Bonchev–Trinajstić information content (AvgIpc) is 3.03. The van der Waals surface area contributed by atoms with Gasteiger partial charge in [0.25, 0.3) is 0 Å². The molecule has 0 saturated carbocycles. The van der Waals surface area contributed by atoms with Crippen molar-refractivity contribution >= 4 is 22.6 Å². The molecule has 0 aliphatic rings. The van der Waals surface area contributed by atoms with Gasteiger partial charge in [0.1, 0.15) is 11.6 Å². The number of imidazole rings is 1. The minimum absolute atomic E-state index is 0.370. The first-order valence-corrected chi connectivity index (χ1v) is 6.82. The molecule has 0 atom stereocenters. The van der Waals surface area contributed by atoms with Gasteiger partial charge in [0.05, 0.1) is 36.3 Å². The number of hydrogen-bond donors (Lipinski definition) is 0. The van der Waals surface area contributed by atoms with E-state index in [9.17, 15) is 0 Å². The van der Waals surface area contributed by atoms with Crippen LogP contribution >= 0.6 is 11.6 Å². The summed E-state index contributed by atoms with van der Waals surface area (Å²) in [4.78, 5) is 4.56. The van der Waals surface area contributed by atoms with E-state index < -0.39 is 0 Å². The van der Waals surface area contributed by atoms with E-state index in [2.05, 4.69) is 14.6 Å². The van der Waals surface area contributed by atoms with Crippen molar-refractivity contribution in [1.82, 2.24) is 19.3 Å². The zero-order valence-corrected chi connectivity index (χ0v) is 12.1. The highest BCUT2D eigenvalue weighted by molar-refractivity contribution is 6.16. The van der Waals surface area contributed by atoms with Crippen LogP contribution in [0.15, 0.2) is 30.5 Å². The lowest BCUT2D eigenvalue weighted by atomic mass is 10.3. The molecular weight excluding hydrogens is 276 g/mol. The molecule has 2 aromatic heterocycles. The van der Waals surface area contributed by atoms with Gasteiger partial charge in [0.2, 0.25) is 0 Å². The SMILES string of the molecule is COc1ccc2nc(CCl)n(Cc3ccnn3C)c2c1. The maximum absolute atomic E-state index is 6.02. The van der Waals surface area contributed by atoms with Crippen LogP contribution in [0.2, 0.25) is 0 Å². The third kappa shape index (κ3) is 2.14. The normalized spacial score (nSPS) is 11.2. The summed E-state index contributed by atoms with van der Waals surface area (Å²) in [6, 6.07) is 7.82.